The molecule has 0 bridgehead atoms. The van der Waals surface area contributed by atoms with Crippen molar-refractivity contribution in [1.29, 1.82) is 0 Å². The van der Waals surface area contributed by atoms with E-state index in [2.05, 4.69) is 0 Å². The van der Waals surface area contributed by atoms with Gasteiger partial charge in [0.15, 0.2) is 0 Å². The van der Waals surface area contributed by atoms with Gasteiger partial charge in [-0.3, -0.25) is 9.59 Å². The molecular formula is C11H21N3O3. The molecule has 1 aliphatic heterocycles. The number of nitrogens with zero attached hydrogens (tertiary/aromatic N) is 1. The van der Waals surface area contributed by atoms with Crippen LogP contribution in [0.4, 0.5) is 0 Å². The van der Waals surface area contributed by atoms with Gasteiger partial charge < -0.3 is 21.5 Å². The Balaban J connectivity index is 3.01. The van der Waals surface area contributed by atoms with Crippen molar-refractivity contribution < 1.29 is 14.7 Å². The van der Waals surface area contributed by atoms with Crippen molar-refractivity contribution in [2.24, 2.45) is 17.4 Å². The van der Waals surface area contributed by atoms with Crippen molar-refractivity contribution in [3.05, 3.63) is 0 Å². The summed E-state index contributed by atoms with van der Waals surface area (Å²) in [4.78, 5) is 24.7. The van der Waals surface area contributed by atoms with Gasteiger partial charge in [0.25, 0.3) is 0 Å². The smallest absolute Gasteiger partial charge is 0.325 e. The van der Waals surface area contributed by atoms with Crippen LogP contribution in [0.15, 0.2) is 0 Å². The number of aliphatic carboxylic acids is 1. The highest BCUT2D eigenvalue weighted by molar-refractivity contribution is 5.85. The van der Waals surface area contributed by atoms with Gasteiger partial charge in [-0.2, -0.15) is 0 Å². The molecule has 5 N–H and O–H groups in total. The van der Waals surface area contributed by atoms with Crippen LogP contribution in [0.3, 0.4) is 0 Å². The van der Waals surface area contributed by atoms with Crippen LogP contribution < -0.4 is 11.5 Å². The van der Waals surface area contributed by atoms with Crippen molar-refractivity contribution in [3.8, 4) is 0 Å². The Hall–Kier alpha value is -1.14. The van der Waals surface area contributed by atoms with Crippen LogP contribution in [0.5, 0.6) is 0 Å². The minimum absolute atomic E-state index is 0.0509. The molecule has 1 rings (SSSR count). The summed E-state index contributed by atoms with van der Waals surface area (Å²) in [6, 6.07) is -1.18. The van der Waals surface area contributed by atoms with E-state index >= 15 is 0 Å². The maximum atomic E-state index is 11.9. The van der Waals surface area contributed by atoms with Crippen LogP contribution in [0.2, 0.25) is 0 Å². The van der Waals surface area contributed by atoms with Crippen LogP contribution in [0.25, 0.3) is 0 Å². The first-order chi connectivity index (χ1) is 7.70. The highest BCUT2D eigenvalue weighted by atomic mass is 16.4. The average molecular weight is 243 g/mol. The molecule has 1 fully saturated rings. The van der Waals surface area contributed by atoms with E-state index in [9.17, 15) is 14.7 Å². The number of likely N-dealkylation sites (tertiary alicyclic amines) is 1. The van der Waals surface area contributed by atoms with Gasteiger partial charge in [0.05, 0.1) is 12.1 Å². The fourth-order valence-corrected chi connectivity index (χ4v) is 2.39. The fourth-order valence-electron chi connectivity index (χ4n) is 2.39. The van der Waals surface area contributed by atoms with Gasteiger partial charge in [-0.1, -0.05) is 6.92 Å². The van der Waals surface area contributed by atoms with E-state index in [-0.39, 0.29) is 11.8 Å². The number of hydrogen-bond acceptors (Lipinski definition) is 4. The molecule has 0 aromatic heterocycles. The zero-order chi connectivity index (χ0) is 13.4. The maximum absolute atomic E-state index is 11.9. The number of amides is 1. The van der Waals surface area contributed by atoms with Gasteiger partial charge in [-0.15, -0.1) is 0 Å². The number of carbonyl (C=O) groups is 2. The van der Waals surface area contributed by atoms with Gasteiger partial charge >= 0.3 is 5.97 Å². The summed E-state index contributed by atoms with van der Waals surface area (Å²) in [7, 11) is 0. The Labute approximate surface area is 101 Å². The summed E-state index contributed by atoms with van der Waals surface area (Å²) in [5.74, 6) is -1.27. The van der Waals surface area contributed by atoms with Crippen molar-refractivity contribution in [2.45, 2.75) is 44.8 Å². The third-order valence-corrected chi connectivity index (χ3v) is 3.48. The van der Waals surface area contributed by atoms with Gasteiger partial charge in [0, 0.05) is 6.54 Å². The topological polar surface area (TPSA) is 110 Å². The first-order valence-corrected chi connectivity index (χ1v) is 5.78. The highest BCUT2D eigenvalue weighted by Crippen LogP contribution is 2.29. The zero-order valence-corrected chi connectivity index (χ0v) is 10.5. The van der Waals surface area contributed by atoms with Crippen LogP contribution in [-0.2, 0) is 9.59 Å². The summed E-state index contributed by atoms with van der Waals surface area (Å²) in [5, 5.41) is 9.23. The van der Waals surface area contributed by atoms with E-state index in [1.165, 1.54) is 4.90 Å². The standard InChI is InChI=1S/C11H21N3O3/c1-6-4-11(13,10(16)17)8(3)14(5-6)9(15)7(2)12/h6-8H,4-5,12-13H2,1-3H3,(H,16,17)/t6-,7-,8-,11+/m0/s1. The van der Waals surface area contributed by atoms with Crippen LogP contribution >= 0.6 is 0 Å². The third-order valence-electron chi connectivity index (χ3n) is 3.48. The number of carboxylic acids is 1. The normalized spacial score (nSPS) is 35.5. The summed E-state index contributed by atoms with van der Waals surface area (Å²) in [6.45, 7) is 5.65. The molecule has 17 heavy (non-hydrogen) atoms. The number of piperidine rings is 1. The number of carbonyl (C=O) groups excluding carboxylic acids is 1. The summed E-state index contributed by atoms with van der Waals surface area (Å²) in [6.07, 6.45) is 0.367. The Kier molecular flexibility index (Phi) is 3.78. The Morgan fingerprint density at radius 1 is 1.47 bits per heavy atom. The maximum Gasteiger partial charge on any atom is 0.325 e. The van der Waals surface area contributed by atoms with Crippen molar-refractivity contribution in [2.75, 3.05) is 6.54 Å². The fraction of sp³-hybridized carbons (Fsp3) is 0.818. The second-order valence-electron chi connectivity index (χ2n) is 5.11. The molecule has 0 aromatic carbocycles. The average Bonchev–Trinajstić information content (AvgIpc) is 2.21. The van der Waals surface area contributed by atoms with Gasteiger partial charge in [-0.25, -0.2) is 0 Å². The Morgan fingerprint density at radius 3 is 2.41 bits per heavy atom. The number of hydrogen-bond donors (Lipinski definition) is 3. The SMILES string of the molecule is C[C@@H]1CN(C(=O)[C@H](C)N)[C@@H](C)[C@@](N)(C(=O)O)C1. The lowest BCUT2D eigenvalue weighted by molar-refractivity contribution is -0.153. The molecule has 0 aliphatic carbocycles. The van der Waals surface area contributed by atoms with Crippen molar-refractivity contribution >= 4 is 11.9 Å². The van der Waals surface area contributed by atoms with Gasteiger partial charge in [-0.05, 0) is 26.2 Å². The second kappa shape index (κ2) is 4.62. The third kappa shape index (κ3) is 2.42. The number of carboxylic acid groups (broad SMARTS) is 1. The lowest BCUT2D eigenvalue weighted by Crippen LogP contribution is -2.68. The number of nitrogens with two attached hydrogens (primary N) is 2. The van der Waals surface area contributed by atoms with Crippen molar-refractivity contribution in [1.82, 2.24) is 4.90 Å². The highest BCUT2D eigenvalue weighted by Gasteiger charge is 2.49. The molecule has 1 saturated heterocycles. The van der Waals surface area contributed by atoms with E-state index in [0.29, 0.717) is 13.0 Å². The van der Waals surface area contributed by atoms with Crippen LogP contribution in [-0.4, -0.2) is 46.1 Å². The Morgan fingerprint density at radius 2 is 2.00 bits per heavy atom. The van der Waals surface area contributed by atoms with E-state index < -0.39 is 23.6 Å². The predicted molar refractivity (Wildman–Crippen MR) is 63.2 cm³/mol. The number of rotatable bonds is 2. The molecule has 98 valence electrons. The minimum atomic E-state index is -1.39. The van der Waals surface area contributed by atoms with Crippen LogP contribution in [0.1, 0.15) is 27.2 Å². The second-order valence-corrected chi connectivity index (χ2v) is 5.11. The molecule has 0 saturated carbocycles. The molecule has 4 atom stereocenters. The molecule has 0 unspecified atom stereocenters. The molecule has 1 aliphatic rings. The van der Waals surface area contributed by atoms with E-state index in [1.807, 2.05) is 6.92 Å². The van der Waals surface area contributed by atoms with E-state index in [0.717, 1.165) is 0 Å². The summed E-state index contributed by atoms with van der Waals surface area (Å²) < 4.78 is 0. The Bertz CT molecular complexity index is 332. The van der Waals surface area contributed by atoms with E-state index in [1.54, 1.807) is 13.8 Å². The summed E-state index contributed by atoms with van der Waals surface area (Å²) in [5.41, 5.74) is 10.1. The van der Waals surface area contributed by atoms with Crippen molar-refractivity contribution in [3.63, 3.8) is 0 Å². The molecule has 0 spiro atoms. The largest absolute Gasteiger partial charge is 0.480 e. The lowest BCUT2D eigenvalue weighted by atomic mass is 9.78. The van der Waals surface area contributed by atoms with Crippen LogP contribution in [0, 0.1) is 5.92 Å². The molecule has 0 aromatic rings. The molecule has 6 nitrogen and oxygen atoms in total. The summed E-state index contributed by atoms with van der Waals surface area (Å²) >= 11 is 0. The molecular weight excluding hydrogens is 222 g/mol. The monoisotopic (exact) mass is 243 g/mol. The lowest BCUT2D eigenvalue weighted by Gasteiger charge is -2.46. The minimum Gasteiger partial charge on any atom is -0.480 e. The quantitative estimate of drug-likeness (QED) is 0.598. The van der Waals surface area contributed by atoms with Gasteiger partial charge in [0.2, 0.25) is 5.91 Å². The van der Waals surface area contributed by atoms with Gasteiger partial charge in [0.1, 0.15) is 5.54 Å². The first kappa shape index (κ1) is 13.9. The first-order valence-electron chi connectivity index (χ1n) is 5.78. The molecule has 1 heterocycles. The predicted octanol–water partition coefficient (Wildman–Crippen LogP) is -0.627. The molecule has 6 heteroatoms. The molecule has 0 radical (unpaired) electrons. The molecule has 1 amide bonds. The van der Waals surface area contributed by atoms with E-state index in [4.69, 9.17) is 11.5 Å². The zero-order valence-electron chi connectivity index (χ0n) is 10.5.